The van der Waals surface area contributed by atoms with Crippen LogP contribution in [0, 0.1) is 0 Å². The van der Waals surface area contributed by atoms with Gasteiger partial charge in [0.25, 0.3) is 5.91 Å². The molecule has 1 N–H and O–H groups in total. The second kappa shape index (κ2) is 8.29. The summed E-state index contributed by atoms with van der Waals surface area (Å²) in [5.74, 6) is 0.512. The van der Waals surface area contributed by atoms with Crippen molar-refractivity contribution in [3.63, 3.8) is 0 Å². The molecule has 0 aliphatic heterocycles. The van der Waals surface area contributed by atoms with Gasteiger partial charge in [-0.3, -0.25) is 4.79 Å². The molecule has 0 saturated heterocycles. The second-order valence-corrected chi connectivity index (χ2v) is 5.95. The van der Waals surface area contributed by atoms with Crippen LogP contribution in [0.5, 0.6) is 0 Å². The van der Waals surface area contributed by atoms with Crippen molar-refractivity contribution in [1.29, 1.82) is 0 Å². The first kappa shape index (κ1) is 17.7. The number of amides is 1. The van der Waals surface area contributed by atoms with Crippen LogP contribution in [0.4, 0.5) is 17.2 Å². The van der Waals surface area contributed by atoms with Crippen LogP contribution >= 0.6 is 0 Å². The van der Waals surface area contributed by atoms with Gasteiger partial charge in [0, 0.05) is 39.1 Å². The Labute approximate surface area is 143 Å². The van der Waals surface area contributed by atoms with Crippen LogP contribution in [-0.4, -0.2) is 43.8 Å². The molecule has 0 spiro atoms. The Balaban J connectivity index is 1.99. The summed E-state index contributed by atoms with van der Waals surface area (Å²) in [4.78, 5) is 16.3. The highest BCUT2D eigenvalue weighted by Gasteiger charge is 2.10. The maximum absolute atomic E-state index is 12.2. The Morgan fingerprint density at radius 2 is 1.75 bits per heavy atom. The van der Waals surface area contributed by atoms with Crippen molar-refractivity contribution in [1.82, 2.24) is 10.2 Å². The topological polar surface area (TPSA) is 61.4 Å². The van der Waals surface area contributed by atoms with Crippen LogP contribution in [0.1, 0.15) is 30.3 Å². The quantitative estimate of drug-likeness (QED) is 0.847. The molecule has 0 unspecified atom stereocenters. The Morgan fingerprint density at radius 3 is 2.29 bits per heavy atom. The monoisotopic (exact) mass is 327 g/mol. The van der Waals surface area contributed by atoms with E-state index in [9.17, 15) is 4.79 Å². The van der Waals surface area contributed by atoms with Crippen LogP contribution in [0.25, 0.3) is 0 Å². The van der Waals surface area contributed by atoms with E-state index in [-0.39, 0.29) is 5.91 Å². The molecule has 2 aromatic rings. The van der Waals surface area contributed by atoms with Gasteiger partial charge < -0.3 is 15.1 Å². The number of benzene rings is 1. The molecule has 128 valence electrons. The molecule has 0 radical (unpaired) electrons. The van der Waals surface area contributed by atoms with Gasteiger partial charge in [0.1, 0.15) is 0 Å². The van der Waals surface area contributed by atoms with Crippen LogP contribution in [0.15, 0.2) is 36.4 Å². The maximum Gasteiger partial charge on any atom is 0.276 e. The van der Waals surface area contributed by atoms with Crippen molar-refractivity contribution >= 4 is 23.1 Å². The normalized spacial score (nSPS) is 10.3. The molecule has 0 fully saturated rings. The first-order valence-electron chi connectivity index (χ1n) is 8.15. The van der Waals surface area contributed by atoms with Gasteiger partial charge in [-0.05, 0) is 42.8 Å². The average molecular weight is 327 g/mol. The largest absolute Gasteiger partial charge is 0.378 e. The molecule has 0 aliphatic carbocycles. The first-order chi connectivity index (χ1) is 11.5. The zero-order valence-electron chi connectivity index (χ0n) is 14.8. The van der Waals surface area contributed by atoms with Gasteiger partial charge in [-0.25, -0.2) is 0 Å². The zero-order chi connectivity index (χ0) is 17.5. The lowest BCUT2D eigenvalue weighted by atomic mass is 10.2. The highest BCUT2D eigenvalue weighted by molar-refractivity contribution is 6.02. The molecular weight excluding hydrogens is 302 g/mol. The van der Waals surface area contributed by atoms with Gasteiger partial charge in [-0.2, -0.15) is 0 Å². The van der Waals surface area contributed by atoms with E-state index in [1.165, 1.54) is 0 Å². The summed E-state index contributed by atoms with van der Waals surface area (Å²) in [6.07, 6.45) is 2.23. The lowest BCUT2D eigenvalue weighted by Crippen LogP contribution is -2.21. The van der Waals surface area contributed by atoms with Crippen LogP contribution in [0.2, 0.25) is 0 Å². The smallest absolute Gasteiger partial charge is 0.276 e. The van der Waals surface area contributed by atoms with Crippen molar-refractivity contribution in [2.75, 3.05) is 42.8 Å². The third-order valence-electron chi connectivity index (χ3n) is 3.76. The molecule has 1 heterocycles. The number of hydrogen-bond donors (Lipinski definition) is 1. The van der Waals surface area contributed by atoms with Gasteiger partial charge in [-0.15, -0.1) is 10.2 Å². The number of carbonyl (C=O) groups is 1. The van der Waals surface area contributed by atoms with Gasteiger partial charge >= 0.3 is 0 Å². The third-order valence-corrected chi connectivity index (χ3v) is 3.76. The fourth-order valence-electron chi connectivity index (χ4n) is 2.20. The summed E-state index contributed by atoms with van der Waals surface area (Å²) in [7, 11) is 5.93. The van der Waals surface area contributed by atoms with E-state index < -0.39 is 0 Å². The molecule has 0 atom stereocenters. The molecule has 24 heavy (non-hydrogen) atoms. The minimum Gasteiger partial charge on any atom is -0.378 e. The van der Waals surface area contributed by atoms with Crippen molar-refractivity contribution < 1.29 is 4.79 Å². The van der Waals surface area contributed by atoms with Gasteiger partial charge in [0.05, 0.1) is 0 Å². The van der Waals surface area contributed by atoms with E-state index >= 15 is 0 Å². The number of rotatable bonds is 7. The van der Waals surface area contributed by atoms with E-state index in [0.29, 0.717) is 5.69 Å². The summed E-state index contributed by atoms with van der Waals surface area (Å²) in [5.41, 5.74) is 2.11. The van der Waals surface area contributed by atoms with Crippen LogP contribution in [-0.2, 0) is 0 Å². The lowest BCUT2D eigenvalue weighted by molar-refractivity contribution is 0.102. The SMILES string of the molecule is CCCCN(C)c1ccc(C(=O)Nc2ccc(N(C)C)cc2)nn1. The van der Waals surface area contributed by atoms with E-state index in [1.807, 2.05) is 61.3 Å². The number of nitrogens with zero attached hydrogens (tertiary/aromatic N) is 4. The van der Waals surface area contributed by atoms with Gasteiger partial charge in [0.2, 0.25) is 0 Å². The molecular formula is C18H25N5O. The highest BCUT2D eigenvalue weighted by atomic mass is 16.1. The summed E-state index contributed by atoms with van der Waals surface area (Å²) < 4.78 is 0. The van der Waals surface area contributed by atoms with Crippen molar-refractivity contribution in [3.05, 3.63) is 42.1 Å². The van der Waals surface area contributed by atoms with E-state index in [1.54, 1.807) is 6.07 Å². The lowest BCUT2D eigenvalue weighted by Gasteiger charge is -2.16. The number of anilines is 3. The van der Waals surface area contributed by atoms with E-state index in [0.717, 1.165) is 36.6 Å². The minimum atomic E-state index is -0.261. The fourth-order valence-corrected chi connectivity index (χ4v) is 2.20. The molecule has 0 bridgehead atoms. The van der Waals surface area contributed by atoms with Crippen LogP contribution in [0.3, 0.4) is 0 Å². The molecule has 0 aliphatic rings. The predicted molar refractivity (Wildman–Crippen MR) is 98.9 cm³/mol. The van der Waals surface area contributed by atoms with Crippen molar-refractivity contribution in [2.24, 2.45) is 0 Å². The summed E-state index contributed by atoms with van der Waals surface area (Å²) in [5, 5.41) is 11.0. The molecule has 6 nitrogen and oxygen atoms in total. The number of nitrogens with one attached hydrogen (secondary N) is 1. The van der Waals surface area contributed by atoms with Crippen molar-refractivity contribution in [2.45, 2.75) is 19.8 Å². The minimum absolute atomic E-state index is 0.261. The highest BCUT2D eigenvalue weighted by Crippen LogP contribution is 2.16. The van der Waals surface area contributed by atoms with Gasteiger partial charge in [-0.1, -0.05) is 13.3 Å². The molecule has 1 aromatic carbocycles. The van der Waals surface area contributed by atoms with E-state index in [4.69, 9.17) is 0 Å². The molecule has 1 amide bonds. The number of unbranched alkanes of at least 4 members (excludes halogenated alkanes) is 1. The Bertz CT molecular complexity index is 652. The Morgan fingerprint density at radius 1 is 1.04 bits per heavy atom. The number of aromatic nitrogens is 2. The van der Waals surface area contributed by atoms with E-state index in [2.05, 4.69) is 22.4 Å². The predicted octanol–water partition coefficient (Wildman–Crippen LogP) is 3.03. The standard InChI is InChI=1S/C18H25N5O/c1-5-6-13-23(4)17-12-11-16(20-21-17)18(24)19-14-7-9-15(10-8-14)22(2)3/h7-12H,5-6,13H2,1-4H3,(H,19,24). The molecule has 0 saturated carbocycles. The number of hydrogen-bond acceptors (Lipinski definition) is 5. The molecule has 2 rings (SSSR count). The summed E-state index contributed by atoms with van der Waals surface area (Å²) >= 11 is 0. The average Bonchev–Trinajstić information content (AvgIpc) is 2.60. The Kier molecular flexibility index (Phi) is 6.12. The first-order valence-corrected chi connectivity index (χ1v) is 8.15. The Hall–Kier alpha value is -2.63. The fraction of sp³-hybridized carbons (Fsp3) is 0.389. The molecule has 1 aromatic heterocycles. The van der Waals surface area contributed by atoms with Crippen LogP contribution < -0.4 is 15.1 Å². The zero-order valence-corrected chi connectivity index (χ0v) is 14.8. The summed E-state index contributed by atoms with van der Waals surface area (Å²) in [6, 6.07) is 11.2. The van der Waals surface area contributed by atoms with Crippen molar-refractivity contribution in [3.8, 4) is 0 Å². The number of carbonyl (C=O) groups excluding carboxylic acids is 1. The van der Waals surface area contributed by atoms with Gasteiger partial charge in [0.15, 0.2) is 11.5 Å². The maximum atomic E-state index is 12.2. The second-order valence-electron chi connectivity index (χ2n) is 5.95. The summed E-state index contributed by atoms with van der Waals surface area (Å²) in [6.45, 7) is 3.08. The third kappa shape index (κ3) is 4.68. The molecule has 6 heteroatoms.